The second-order valence-electron chi connectivity index (χ2n) is 2.64. The fourth-order valence-electron chi connectivity index (χ4n) is 0.841. The number of alkyl halides is 2. The van der Waals surface area contributed by atoms with E-state index in [0.29, 0.717) is 5.56 Å². The monoisotopic (exact) mass is 208 g/mol. The van der Waals surface area contributed by atoms with E-state index in [2.05, 4.69) is 4.98 Å². The highest BCUT2D eigenvalue weighted by Crippen LogP contribution is 2.24. The molecular formula is C8H11ClF2N2. The van der Waals surface area contributed by atoms with Crippen LogP contribution in [0.3, 0.4) is 0 Å². The smallest absolute Gasteiger partial charge is 0.286 e. The average molecular weight is 209 g/mol. The van der Waals surface area contributed by atoms with Gasteiger partial charge in [0, 0.05) is 19.7 Å². The van der Waals surface area contributed by atoms with Gasteiger partial charge in [-0.05, 0) is 17.7 Å². The molecule has 0 fully saturated rings. The van der Waals surface area contributed by atoms with Gasteiger partial charge in [0.05, 0.1) is 0 Å². The van der Waals surface area contributed by atoms with Crippen molar-refractivity contribution in [2.24, 2.45) is 5.73 Å². The molecule has 1 rings (SSSR count). The fraction of sp³-hybridized carbons (Fsp3) is 0.375. The Morgan fingerprint density at radius 2 is 2.15 bits per heavy atom. The molecule has 2 nitrogen and oxygen atoms in total. The number of aromatic nitrogens is 1. The Morgan fingerprint density at radius 1 is 1.54 bits per heavy atom. The normalized spacial score (nSPS) is 10.8. The van der Waals surface area contributed by atoms with Gasteiger partial charge in [0.25, 0.3) is 5.92 Å². The minimum Gasteiger partial charge on any atom is -0.326 e. The minimum atomic E-state index is -2.88. The summed E-state index contributed by atoms with van der Waals surface area (Å²) in [6.07, 6.45) is 1.34. The topological polar surface area (TPSA) is 38.9 Å². The number of hydrogen-bond acceptors (Lipinski definition) is 2. The number of nitrogens with two attached hydrogens (primary N) is 1. The van der Waals surface area contributed by atoms with E-state index in [1.165, 1.54) is 12.3 Å². The van der Waals surface area contributed by atoms with E-state index < -0.39 is 5.92 Å². The molecule has 74 valence electrons. The van der Waals surface area contributed by atoms with Crippen LogP contribution in [0.4, 0.5) is 8.78 Å². The van der Waals surface area contributed by atoms with E-state index in [1.54, 1.807) is 6.07 Å². The van der Waals surface area contributed by atoms with Gasteiger partial charge < -0.3 is 5.73 Å². The lowest BCUT2D eigenvalue weighted by molar-refractivity contribution is 0.0127. The molecule has 0 aliphatic carbocycles. The van der Waals surface area contributed by atoms with Crippen LogP contribution in [-0.2, 0) is 12.5 Å². The van der Waals surface area contributed by atoms with E-state index in [9.17, 15) is 8.78 Å². The molecule has 0 radical (unpaired) electrons. The van der Waals surface area contributed by atoms with Crippen molar-refractivity contribution in [1.82, 2.24) is 4.98 Å². The summed E-state index contributed by atoms with van der Waals surface area (Å²) in [5, 5.41) is 0. The van der Waals surface area contributed by atoms with Crippen molar-refractivity contribution < 1.29 is 8.78 Å². The Kier molecular flexibility index (Phi) is 4.23. The van der Waals surface area contributed by atoms with Crippen LogP contribution < -0.4 is 5.73 Å². The van der Waals surface area contributed by atoms with Crippen molar-refractivity contribution in [2.75, 3.05) is 0 Å². The van der Waals surface area contributed by atoms with Crippen LogP contribution in [0, 0.1) is 0 Å². The molecule has 0 aromatic carbocycles. The third-order valence-corrected chi connectivity index (χ3v) is 1.51. The van der Waals surface area contributed by atoms with Crippen LogP contribution in [-0.4, -0.2) is 4.98 Å². The molecule has 0 spiro atoms. The zero-order chi connectivity index (χ0) is 9.19. The number of halogens is 3. The Balaban J connectivity index is 0.00000144. The Bertz CT molecular complexity index is 273. The lowest BCUT2D eigenvalue weighted by atomic mass is 10.2. The molecule has 0 saturated heterocycles. The van der Waals surface area contributed by atoms with Gasteiger partial charge in [0.1, 0.15) is 5.69 Å². The second-order valence-corrected chi connectivity index (χ2v) is 2.64. The van der Waals surface area contributed by atoms with E-state index in [0.717, 1.165) is 6.92 Å². The van der Waals surface area contributed by atoms with Crippen LogP contribution in [0.5, 0.6) is 0 Å². The third kappa shape index (κ3) is 3.24. The zero-order valence-electron chi connectivity index (χ0n) is 7.13. The molecule has 13 heavy (non-hydrogen) atoms. The van der Waals surface area contributed by atoms with Crippen molar-refractivity contribution in [2.45, 2.75) is 19.4 Å². The highest BCUT2D eigenvalue weighted by Gasteiger charge is 2.25. The largest absolute Gasteiger partial charge is 0.326 e. The molecule has 1 aromatic heterocycles. The molecular weight excluding hydrogens is 198 g/mol. The van der Waals surface area contributed by atoms with Gasteiger partial charge in [0.15, 0.2) is 0 Å². The van der Waals surface area contributed by atoms with Crippen LogP contribution in [0.2, 0.25) is 0 Å². The number of rotatable bonds is 2. The van der Waals surface area contributed by atoms with Gasteiger partial charge in [-0.3, -0.25) is 4.98 Å². The van der Waals surface area contributed by atoms with Crippen molar-refractivity contribution in [3.8, 4) is 0 Å². The van der Waals surface area contributed by atoms with Crippen LogP contribution >= 0.6 is 12.4 Å². The minimum absolute atomic E-state index is 0. The van der Waals surface area contributed by atoms with Gasteiger partial charge in [-0.1, -0.05) is 0 Å². The summed E-state index contributed by atoms with van der Waals surface area (Å²) in [7, 11) is 0. The van der Waals surface area contributed by atoms with E-state index in [4.69, 9.17) is 5.73 Å². The van der Waals surface area contributed by atoms with Crippen molar-refractivity contribution in [3.05, 3.63) is 29.6 Å². The van der Waals surface area contributed by atoms with Crippen LogP contribution in [0.1, 0.15) is 18.2 Å². The Hall–Kier alpha value is -0.740. The SMILES string of the molecule is CC(F)(F)c1cc(CN)ccn1.Cl. The van der Waals surface area contributed by atoms with Gasteiger partial charge in [0.2, 0.25) is 0 Å². The van der Waals surface area contributed by atoms with Gasteiger partial charge in [-0.25, -0.2) is 0 Å². The maximum Gasteiger partial charge on any atom is 0.286 e. The summed E-state index contributed by atoms with van der Waals surface area (Å²) in [5.41, 5.74) is 5.73. The molecule has 2 N–H and O–H groups in total. The molecule has 1 aromatic rings. The van der Waals surface area contributed by atoms with Gasteiger partial charge >= 0.3 is 0 Å². The fourth-order valence-corrected chi connectivity index (χ4v) is 0.841. The van der Waals surface area contributed by atoms with E-state index in [1.807, 2.05) is 0 Å². The summed E-state index contributed by atoms with van der Waals surface area (Å²) in [6.45, 7) is 1.07. The Labute approximate surface area is 81.6 Å². The zero-order valence-corrected chi connectivity index (χ0v) is 7.94. The highest BCUT2D eigenvalue weighted by molar-refractivity contribution is 5.85. The predicted octanol–water partition coefficient (Wildman–Crippen LogP) is 2.07. The molecule has 0 bridgehead atoms. The highest BCUT2D eigenvalue weighted by atomic mass is 35.5. The first-order chi connectivity index (χ1) is 5.54. The van der Waals surface area contributed by atoms with Crippen molar-refractivity contribution in [1.29, 1.82) is 0 Å². The van der Waals surface area contributed by atoms with E-state index in [-0.39, 0.29) is 24.6 Å². The molecule has 0 saturated carbocycles. The quantitative estimate of drug-likeness (QED) is 0.808. The number of nitrogens with zero attached hydrogens (tertiary/aromatic N) is 1. The third-order valence-electron chi connectivity index (χ3n) is 1.51. The molecule has 0 unspecified atom stereocenters. The maximum absolute atomic E-state index is 12.7. The summed E-state index contributed by atoms with van der Waals surface area (Å²) in [6, 6.07) is 2.94. The Morgan fingerprint density at radius 3 is 2.62 bits per heavy atom. The lowest BCUT2D eigenvalue weighted by Crippen LogP contribution is -2.10. The number of pyridine rings is 1. The lowest BCUT2D eigenvalue weighted by Gasteiger charge is -2.09. The number of hydrogen-bond donors (Lipinski definition) is 1. The maximum atomic E-state index is 12.7. The van der Waals surface area contributed by atoms with E-state index >= 15 is 0 Å². The van der Waals surface area contributed by atoms with Crippen molar-refractivity contribution >= 4 is 12.4 Å². The first-order valence-electron chi connectivity index (χ1n) is 3.57. The van der Waals surface area contributed by atoms with Gasteiger partial charge in [-0.2, -0.15) is 8.78 Å². The summed E-state index contributed by atoms with van der Waals surface area (Å²) in [4.78, 5) is 3.55. The van der Waals surface area contributed by atoms with Crippen LogP contribution in [0.25, 0.3) is 0 Å². The molecule has 0 amide bonds. The first-order valence-corrected chi connectivity index (χ1v) is 3.57. The first kappa shape index (κ1) is 12.3. The summed E-state index contributed by atoms with van der Waals surface area (Å²) >= 11 is 0. The summed E-state index contributed by atoms with van der Waals surface area (Å²) in [5.74, 6) is -2.88. The summed E-state index contributed by atoms with van der Waals surface area (Å²) < 4.78 is 25.3. The molecule has 1 heterocycles. The average Bonchev–Trinajstić information content (AvgIpc) is 2.03. The molecule has 0 aliphatic rings. The predicted molar refractivity (Wildman–Crippen MR) is 48.9 cm³/mol. The second kappa shape index (κ2) is 4.48. The molecule has 0 atom stereocenters. The standard InChI is InChI=1S/C8H10F2N2.ClH/c1-8(9,10)7-4-6(5-11)2-3-12-7;/h2-4H,5,11H2,1H3;1H. The van der Waals surface area contributed by atoms with Crippen LogP contribution in [0.15, 0.2) is 18.3 Å². The molecule has 0 aliphatic heterocycles. The molecule has 5 heteroatoms. The van der Waals surface area contributed by atoms with Gasteiger partial charge in [-0.15, -0.1) is 12.4 Å². The van der Waals surface area contributed by atoms with Crippen molar-refractivity contribution in [3.63, 3.8) is 0 Å².